The molecule has 0 radical (unpaired) electrons. The van der Waals surface area contributed by atoms with Crippen LogP contribution in [0.4, 0.5) is 0 Å². The SMILES string of the molecule is CSCC(C)N(C)CC1CC(C)(C)CCC1N. The highest BCUT2D eigenvalue weighted by molar-refractivity contribution is 7.98. The summed E-state index contributed by atoms with van der Waals surface area (Å²) in [6.45, 7) is 8.25. The van der Waals surface area contributed by atoms with Gasteiger partial charge < -0.3 is 10.6 Å². The summed E-state index contributed by atoms with van der Waals surface area (Å²) >= 11 is 1.93. The van der Waals surface area contributed by atoms with E-state index in [0.29, 0.717) is 23.4 Å². The third kappa shape index (κ3) is 4.80. The van der Waals surface area contributed by atoms with Crippen LogP contribution in [-0.2, 0) is 0 Å². The number of rotatable bonds is 5. The number of nitrogens with zero attached hydrogens (tertiary/aromatic N) is 1. The first-order valence-electron chi connectivity index (χ1n) is 6.80. The minimum Gasteiger partial charge on any atom is -0.327 e. The minimum atomic E-state index is 0.409. The Labute approximate surface area is 112 Å². The molecule has 0 bridgehead atoms. The normalized spacial score (nSPS) is 30.5. The predicted molar refractivity (Wildman–Crippen MR) is 79.6 cm³/mol. The quantitative estimate of drug-likeness (QED) is 0.822. The molecule has 1 aliphatic rings. The maximum Gasteiger partial charge on any atom is 0.0155 e. The summed E-state index contributed by atoms with van der Waals surface area (Å²) in [5, 5.41) is 0. The molecular weight excluding hydrogens is 228 g/mol. The molecule has 1 saturated carbocycles. The first kappa shape index (κ1) is 15.3. The Morgan fingerprint density at radius 1 is 1.47 bits per heavy atom. The van der Waals surface area contributed by atoms with Crippen LogP contribution in [0, 0.1) is 11.3 Å². The van der Waals surface area contributed by atoms with E-state index in [1.165, 1.54) is 25.0 Å². The van der Waals surface area contributed by atoms with Crippen molar-refractivity contribution in [1.29, 1.82) is 0 Å². The summed E-state index contributed by atoms with van der Waals surface area (Å²) < 4.78 is 0. The molecule has 2 nitrogen and oxygen atoms in total. The molecule has 102 valence electrons. The average Bonchev–Trinajstić information content (AvgIpc) is 2.23. The first-order chi connectivity index (χ1) is 7.85. The van der Waals surface area contributed by atoms with Crippen molar-refractivity contribution in [2.75, 3.05) is 25.6 Å². The average molecular weight is 258 g/mol. The molecule has 1 aliphatic carbocycles. The van der Waals surface area contributed by atoms with Crippen LogP contribution in [0.1, 0.15) is 40.0 Å². The summed E-state index contributed by atoms with van der Waals surface area (Å²) in [5.41, 5.74) is 6.78. The standard InChI is InChI=1S/C14H30N2S/c1-11(10-17-5)16(4)9-12-8-14(2,3)7-6-13(12)15/h11-13H,6-10,15H2,1-5H3. The van der Waals surface area contributed by atoms with Gasteiger partial charge in [0.15, 0.2) is 0 Å². The molecule has 1 fully saturated rings. The Hall–Kier alpha value is 0.270. The fourth-order valence-electron chi connectivity index (χ4n) is 2.87. The molecule has 0 spiro atoms. The van der Waals surface area contributed by atoms with E-state index in [4.69, 9.17) is 5.73 Å². The zero-order valence-corrected chi connectivity index (χ0v) is 13.0. The highest BCUT2D eigenvalue weighted by atomic mass is 32.2. The Morgan fingerprint density at radius 3 is 2.71 bits per heavy atom. The predicted octanol–water partition coefficient (Wildman–Crippen LogP) is 2.82. The molecule has 0 saturated heterocycles. The van der Waals surface area contributed by atoms with Crippen LogP contribution in [0.15, 0.2) is 0 Å². The molecule has 0 aromatic rings. The summed E-state index contributed by atoms with van der Waals surface area (Å²) in [6.07, 6.45) is 5.95. The molecule has 1 rings (SSSR count). The molecule has 0 amide bonds. The summed E-state index contributed by atoms with van der Waals surface area (Å²) in [5.74, 6) is 1.88. The van der Waals surface area contributed by atoms with Crippen LogP contribution < -0.4 is 5.73 Å². The molecule has 3 unspecified atom stereocenters. The van der Waals surface area contributed by atoms with Gasteiger partial charge in [0.1, 0.15) is 0 Å². The zero-order chi connectivity index (χ0) is 13.1. The maximum atomic E-state index is 6.29. The van der Waals surface area contributed by atoms with Crippen molar-refractivity contribution in [1.82, 2.24) is 4.90 Å². The molecule has 0 heterocycles. The van der Waals surface area contributed by atoms with Crippen LogP contribution in [0.25, 0.3) is 0 Å². The highest BCUT2D eigenvalue weighted by Crippen LogP contribution is 2.38. The van der Waals surface area contributed by atoms with Crippen LogP contribution in [-0.4, -0.2) is 42.6 Å². The Morgan fingerprint density at radius 2 is 2.12 bits per heavy atom. The van der Waals surface area contributed by atoms with E-state index in [2.05, 4.69) is 39.0 Å². The maximum absolute atomic E-state index is 6.29. The highest BCUT2D eigenvalue weighted by Gasteiger charge is 2.33. The van der Waals surface area contributed by atoms with Crippen molar-refractivity contribution in [2.45, 2.75) is 52.1 Å². The zero-order valence-electron chi connectivity index (χ0n) is 12.2. The second kappa shape index (κ2) is 6.44. The molecule has 3 heteroatoms. The van der Waals surface area contributed by atoms with E-state index >= 15 is 0 Å². The molecule has 0 aromatic heterocycles. The lowest BCUT2D eigenvalue weighted by molar-refractivity contribution is 0.115. The van der Waals surface area contributed by atoms with E-state index in [1.54, 1.807) is 0 Å². The van der Waals surface area contributed by atoms with Gasteiger partial charge in [0, 0.05) is 24.4 Å². The van der Waals surface area contributed by atoms with E-state index < -0.39 is 0 Å². The van der Waals surface area contributed by atoms with Crippen molar-refractivity contribution in [3.63, 3.8) is 0 Å². The number of hydrogen-bond acceptors (Lipinski definition) is 3. The molecule has 0 aliphatic heterocycles. The largest absolute Gasteiger partial charge is 0.327 e. The molecule has 17 heavy (non-hydrogen) atoms. The fraction of sp³-hybridized carbons (Fsp3) is 1.00. The van der Waals surface area contributed by atoms with E-state index in [9.17, 15) is 0 Å². The number of thioether (sulfide) groups is 1. The van der Waals surface area contributed by atoms with Gasteiger partial charge in [0.25, 0.3) is 0 Å². The van der Waals surface area contributed by atoms with Crippen molar-refractivity contribution in [2.24, 2.45) is 17.1 Å². The first-order valence-corrected chi connectivity index (χ1v) is 8.20. The third-order valence-electron chi connectivity index (χ3n) is 4.26. The van der Waals surface area contributed by atoms with Gasteiger partial charge in [0.2, 0.25) is 0 Å². The molecule has 2 N–H and O–H groups in total. The molecule has 0 aromatic carbocycles. The van der Waals surface area contributed by atoms with Gasteiger partial charge in [-0.1, -0.05) is 13.8 Å². The molecular formula is C14H30N2S. The van der Waals surface area contributed by atoms with E-state index in [-0.39, 0.29) is 0 Å². The summed E-state index contributed by atoms with van der Waals surface area (Å²) in [7, 11) is 2.25. The van der Waals surface area contributed by atoms with Gasteiger partial charge in [-0.25, -0.2) is 0 Å². The Kier molecular flexibility index (Phi) is 5.81. The second-order valence-electron chi connectivity index (χ2n) is 6.57. The lowest BCUT2D eigenvalue weighted by atomic mass is 9.70. The van der Waals surface area contributed by atoms with Crippen LogP contribution >= 0.6 is 11.8 Å². The van der Waals surface area contributed by atoms with E-state index in [0.717, 1.165) is 6.54 Å². The number of hydrogen-bond donors (Lipinski definition) is 1. The van der Waals surface area contributed by atoms with Gasteiger partial charge in [-0.15, -0.1) is 0 Å². The smallest absolute Gasteiger partial charge is 0.0155 e. The van der Waals surface area contributed by atoms with Gasteiger partial charge in [-0.3, -0.25) is 0 Å². The van der Waals surface area contributed by atoms with Crippen molar-refractivity contribution in [3.8, 4) is 0 Å². The number of nitrogens with two attached hydrogens (primary N) is 1. The third-order valence-corrected chi connectivity index (χ3v) is 5.07. The van der Waals surface area contributed by atoms with Crippen molar-refractivity contribution in [3.05, 3.63) is 0 Å². The molecule has 3 atom stereocenters. The van der Waals surface area contributed by atoms with Crippen LogP contribution in [0.3, 0.4) is 0 Å². The van der Waals surface area contributed by atoms with Gasteiger partial charge in [-0.2, -0.15) is 11.8 Å². The summed E-state index contributed by atoms with van der Waals surface area (Å²) in [6, 6.07) is 1.06. The Balaban J connectivity index is 2.48. The van der Waals surface area contributed by atoms with Crippen molar-refractivity contribution >= 4 is 11.8 Å². The second-order valence-corrected chi connectivity index (χ2v) is 7.49. The van der Waals surface area contributed by atoms with Gasteiger partial charge in [-0.05, 0) is 50.8 Å². The van der Waals surface area contributed by atoms with Crippen LogP contribution in [0.5, 0.6) is 0 Å². The lowest BCUT2D eigenvalue weighted by Gasteiger charge is -2.41. The van der Waals surface area contributed by atoms with Gasteiger partial charge >= 0.3 is 0 Å². The van der Waals surface area contributed by atoms with Crippen molar-refractivity contribution < 1.29 is 0 Å². The fourth-order valence-corrected chi connectivity index (χ4v) is 3.61. The van der Waals surface area contributed by atoms with Crippen LogP contribution in [0.2, 0.25) is 0 Å². The monoisotopic (exact) mass is 258 g/mol. The lowest BCUT2D eigenvalue weighted by Crippen LogP contribution is -2.46. The van der Waals surface area contributed by atoms with Gasteiger partial charge in [0.05, 0.1) is 0 Å². The van der Waals surface area contributed by atoms with E-state index in [1.807, 2.05) is 11.8 Å². The summed E-state index contributed by atoms with van der Waals surface area (Å²) in [4.78, 5) is 2.49. The topological polar surface area (TPSA) is 29.3 Å². The minimum absolute atomic E-state index is 0.409. The Bertz CT molecular complexity index is 230.